The Morgan fingerprint density at radius 2 is 1.91 bits per heavy atom. The van der Waals surface area contributed by atoms with Gasteiger partial charge in [-0.05, 0) is 25.0 Å². The zero-order chi connectivity index (χ0) is 15.4. The number of nitrogens with one attached hydrogen (secondary N) is 1. The fourth-order valence-electron chi connectivity index (χ4n) is 2.70. The van der Waals surface area contributed by atoms with Gasteiger partial charge in [-0.3, -0.25) is 4.79 Å². The van der Waals surface area contributed by atoms with Gasteiger partial charge in [-0.15, -0.1) is 0 Å². The monoisotopic (exact) mass is 305 g/mol. The zero-order valence-electron chi connectivity index (χ0n) is 12.2. The van der Waals surface area contributed by atoms with E-state index in [1.54, 1.807) is 18.2 Å². The molecule has 1 heterocycles. The molecule has 1 atom stereocenters. The van der Waals surface area contributed by atoms with Gasteiger partial charge >= 0.3 is 5.97 Å². The molecule has 2 aliphatic rings. The van der Waals surface area contributed by atoms with Crippen LogP contribution in [0.4, 0.5) is 0 Å². The Bertz CT molecular complexity index is 553. The summed E-state index contributed by atoms with van der Waals surface area (Å²) < 4.78 is 16.0. The van der Waals surface area contributed by atoms with E-state index in [0.717, 1.165) is 25.7 Å². The quantitative estimate of drug-likeness (QED) is 0.852. The molecule has 0 unspecified atom stereocenters. The van der Waals surface area contributed by atoms with Crippen LogP contribution in [0.1, 0.15) is 25.7 Å². The second-order valence-electron chi connectivity index (χ2n) is 5.52. The number of fused-ring (bicyclic) bond motifs is 1. The lowest BCUT2D eigenvalue weighted by Crippen LogP contribution is -2.41. The molecule has 0 bridgehead atoms. The van der Waals surface area contributed by atoms with Crippen LogP contribution in [0.5, 0.6) is 11.5 Å². The minimum Gasteiger partial charge on any atom is -0.485 e. The van der Waals surface area contributed by atoms with Gasteiger partial charge in [0.05, 0.1) is 0 Å². The van der Waals surface area contributed by atoms with Crippen molar-refractivity contribution in [2.75, 3.05) is 13.2 Å². The van der Waals surface area contributed by atoms with Crippen molar-refractivity contribution in [3.8, 4) is 11.5 Å². The maximum Gasteiger partial charge on any atom is 0.351 e. The van der Waals surface area contributed by atoms with Crippen LogP contribution in [0, 0.1) is 0 Å². The number of esters is 1. The highest BCUT2D eigenvalue weighted by Gasteiger charge is 2.29. The van der Waals surface area contributed by atoms with Gasteiger partial charge in [-0.1, -0.05) is 25.0 Å². The van der Waals surface area contributed by atoms with Crippen LogP contribution < -0.4 is 14.8 Å². The third-order valence-corrected chi connectivity index (χ3v) is 3.84. The van der Waals surface area contributed by atoms with E-state index < -0.39 is 12.1 Å². The lowest BCUT2D eigenvalue weighted by Gasteiger charge is -2.24. The molecule has 0 radical (unpaired) electrons. The first-order chi connectivity index (χ1) is 10.7. The van der Waals surface area contributed by atoms with Crippen molar-refractivity contribution in [2.45, 2.75) is 37.8 Å². The average Bonchev–Trinajstić information content (AvgIpc) is 3.05. The third kappa shape index (κ3) is 3.50. The Morgan fingerprint density at radius 1 is 1.18 bits per heavy atom. The summed E-state index contributed by atoms with van der Waals surface area (Å²) in [5.41, 5.74) is 0. The lowest BCUT2D eigenvalue weighted by atomic mass is 10.2. The Labute approximate surface area is 128 Å². The molecule has 1 N–H and O–H groups in total. The number of carbonyl (C=O) groups is 2. The van der Waals surface area contributed by atoms with Gasteiger partial charge in [0.1, 0.15) is 6.61 Å². The molecule has 0 spiro atoms. The minimum atomic E-state index is -0.839. The smallest absolute Gasteiger partial charge is 0.351 e. The molecule has 1 aromatic rings. The molecule has 1 fully saturated rings. The van der Waals surface area contributed by atoms with Crippen LogP contribution in [0.15, 0.2) is 24.3 Å². The van der Waals surface area contributed by atoms with Gasteiger partial charge in [-0.2, -0.15) is 0 Å². The summed E-state index contributed by atoms with van der Waals surface area (Å²) in [5, 5.41) is 2.86. The van der Waals surface area contributed by atoms with Gasteiger partial charge in [0, 0.05) is 6.04 Å². The summed E-state index contributed by atoms with van der Waals surface area (Å²) in [7, 11) is 0. The number of carbonyl (C=O) groups excluding carboxylic acids is 2. The Kier molecular flexibility index (Phi) is 4.46. The minimum absolute atomic E-state index is 0.0834. The van der Waals surface area contributed by atoms with Crippen LogP contribution in [0.2, 0.25) is 0 Å². The van der Waals surface area contributed by atoms with Crippen molar-refractivity contribution in [3.63, 3.8) is 0 Å². The van der Waals surface area contributed by atoms with E-state index in [0.29, 0.717) is 11.5 Å². The highest BCUT2D eigenvalue weighted by atomic mass is 16.6. The Balaban J connectivity index is 1.45. The standard InChI is InChI=1S/C16H19NO5/c18-15(17-11-5-1-2-6-11)10-21-16(19)14-9-20-12-7-3-4-8-13(12)22-14/h3-4,7-8,11,14H,1-2,5-6,9-10H2,(H,17,18)/t14-/m0/s1. The number of ether oxygens (including phenoxy) is 3. The van der Waals surface area contributed by atoms with Crippen LogP contribution >= 0.6 is 0 Å². The molecule has 1 amide bonds. The van der Waals surface area contributed by atoms with E-state index in [1.165, 1.54) is 0 Å². The van der Waals surface area contributed by atoms with Gasteiger partial charge in [-0.25, -0.2) is 4.79 Å². The fraction of sp³-hybridized carbons (Fsp3) is 0.500. The van der Waals surface area contributed by atoms with Crippen molar-refractivity contribution < 1.29 is 23.8 Å². The molecule has 1 aliphatic carbocycles. The number of rotatable bonds is 4. The number of amides is 1. The normalized spacial score (nSPS) is 20.5. The first-order valence-electron chi connectivity index (χ1n) is 7.57. The van der Waals surface area contributed by atoms with E-state index in [2.05, 4.69) is 5.32 Å². The number of hydrogen-bond donors (Lipinski definition) is 1. The van der Waals surface area contributed by atoms with E-state index in [9.17, 15) is 9.59 Å². The summed E-state index contributed by atoms with van der Waals surface area (Å²) in [5.74, 6) is 0.255. The van der Waals surface area contributed by atoms with Crippen LogP contribution in [0.3, 0.4) is 0 Å². The van der Waals surface area contributed by atoms with Gasteiger partial charge in [0.25, 0.3) is 5.91 Å². The molecule has 1 saturated carbocycles. The molecular weight excluding hydrogens is 286 g/mol. The summed E-state index contributed by atoms with van der Waals surface area (Å²) in [6.07, 6.45) is 3.43. The highest BCUT2D eigenvalue weighted by Crippen LogP contribution is 2.31. The lowest BCUT2D eigenvalue weighted by molar-refractivity contribution is -0.157. The van der Waals surface area contributed by atoms with Gasteiger partial charge < -0.3 is 19.5 Å². The van der Waals surface area contributed by atoms with Crippen molar-refractivity contribution in [2.24, 2.45) is 0 Å². The molecule has 1 aliphatic heterocycles. The third-order valence-electron chi connectivity index (χ3n) is 3.84. The van der Waals surface area contributed by atoms with Crippen molar-refractivity contribution in [1.82, 2.24) is 5.32 Å². The molecular formula is C16H19NO5. The SMILES string of the molecule is O=C(COC(=O)[C@@H]1COc2ccccc2O1)NC1CCCC1. The molecule has 6 heteroatoms. The first-order valence-corrected chi connectivity index (χ1v) is 7.57. The van der Waals surface area contributed by atoms with Gasteiger partial charge in [0.2, 0.25) is 6.10 Å². The van der Waals surface area contributed by atoms with Crippen LogP contribution in [-0.2, 0) is 14.3 Å². The first kappa shape index (κ1) is 14.7. The van der Waals surface area contributed by atoms with Gasteiger partial charge in [0.15, 0.2) is 18.1 Å². The van der Waals surface area contributed by atoms with Crippen molar-refractivity contribution in [1.29, 1.82) is 0 Å². The van der Waals surface area contributed by atoms with E-state index >= 15 is 0 Å². The molecule has 0 aromatic heterocycles. The molecule has 1 aromatic carbocycles. The predicted molar refractivity (Wildman–Crippen MR) is 77.7 cm³/mol. The van der Waals surface area contributed by atoms with E-state index in [1.807, 2.05) is 6.07 Å². The second-order valence-corrected chi connectivity index (χ2v) is 5.52. The average molecular weight is 305 g/mol. The summed E-state index contributed by atoms with van der Waals surface area (Å²) in [6.45, 7) is -0.197. The van der Waals surface area contributed by atoms with E-state index in [-0.39, 0.29) is 25.2 Å². The zero-order valence-corrected chi connectivity index (χ0v) is 12.2. The summed E-state index contributed by atoms with van der Waals surface area (Å²) >= 11 is 0. The number of hydrogen-bond acceptors (Lipinski definition) is 5. The predicted octanol–water partition coefficient (Wildman–Crippen LogP) is 1.43. The maximum atomic E-state index is 11.9. The maximum absolute atomic E-state index is 11.9. The molecule has 6 nitrogen and oxygen atoms in total. The van der Waals surface area contributed by atoms with Crippen molar-refractivity contribution >= 4 is 11.9 Å². The van der Waals surface area contributed by atoms with Crippen LogP contribution in [0.25, 0.3) is 0 Å². The summed E-state index contributed by atoms with van der Waals surface area (Å²) in [6, 6.07) is 7.33. The number of benzene rings is 1. The number of para-hydroxylation sites is 2. The molecule has 3 rings (SSSR count). The van der Waals surface area contributed by atoms with Crippen LogP contribution in [-0.4, -0.2) is 37.2 Å². The largest absolute Gasteiger partial charge is 0.485 e. The molecule has 118 valence electrons. The molecule has 22 heavy (non-hydrogen) atoms. The molecule has 0 saturated heterocycles. The highest BCUT2D eigenvalue weighted by molar-refractivity contribution is 5.82. The van der Waals surface area contributed by atoms with E-state index in [4.69, 9.17) is 14.2 Å². The summed E-state index contributed by atoms with van der Waals surface area (Å²) in [4.78, 5) is 23.7. The Hall–Kier alpha value is -2.24. The topological polar surface area (TPSA) is 73.9 Å². The van der Waals surface area contributed by atoms with Crippen molar-refractivity contribution in [3.05, 3.63) is 24.3 Å². The Morgan fingerprint density at radius 3 is 2.68 bits per heavy atom. The fourth-order valence-corrected chi connectivity index (χ4v) is 2.70. The second kappa shape index (κ2) is 6.68.